The van der Waals surface area contributed by atoms with Gasteiger partial charge >= 0.3 is 12.0 Å². The average molecular weight is 724 g/mol. The molecule has 282 valence electrons. The van der Waals surface area contributed by atoms with Crippen molar-refractivity contribution in [3.8, 4) is 11.1 Å². The van der Waals surface area contributed by atoms with Crippen LogP contribution in [0.1, 0.15) is 63.6 Å². The van der Waals surface area contributed by atoms with E-state index in [-0.39, 0.29) is 37.4 Å². The van der Waals surface area contributed by atoms with Crippen molar-refractivity contribution in [1.29, 1.82) is 0 Å². The van der Waals surface area contributed by atoms with Crippen molar-refractivity contribution in [3.05, 3.63) is 107 Å². The Labute approximate surface area is 313 Å². The van der Waals surface area contributed by atoms with Crippen LogP contribution in [-0.2, 0) is 30.5 Å². The number of allylic oxidation sites excluding steroid dienone is 1. The van der Waals surface area contributed by atoms with Crippen LogP contribution in [0.4, 0.5) is 4.79 Å². The Morgan fingerprint density at radius 2 is 1.58 bits per heavy atom. The SMILES string of the molecule is CCCCNC(=O)C(C)N(CCN1CCOCC1)C(=O)CCCN1C(=O)NC(c2ccc(-c3ccccc3)cc2)C(C(=O)OCc2ccccc2)=C1C. The molecule has 0 aliphatic carbocycles. The lowest BCUT2D eigenvalue weighted by molar-refractivity contribution is -0.141. The number of amides is 4. The van der Waals surface area contributed by atoms with Gasteiger partial charge in [-0.15, -0.1) is 0 Å². The van der Waals surface area contributed by atoms with E-state index in [1.807, 2.05) is 84.9 Å². The first-order valence-corrected chi connectivity index (χ1v) is 18.8. The second-order valence-corrected chi connectivity index (χ2v) is 13.5. The number of carbonyl (C=O) groups excluding carboxylic acids is 4. The number of esters is 1. The van der Waals surface area contributed by atoms with Gasteiger partial charge in [0.15, 0.2) is 0 Å². The molecule has 0 saturated carbocycles. The molecule has 1 saturated heterocycles. The van der Waals surface area contributed by atoms with Crippen LogP contribution < -0.4 is 10.6 Å². The number of benzene rings is 3. The highest BCUT2D eigenvalue weighted by atomic mass is 16.5. The molecule has 1 fully saturated rings. The largest absolute Gasteiger partial charge is 0.457 e. The predicted octanol–water partition coefficient (Wildman–Crippen LogP) is 5.68. The quantitative estimate of drug-likeness (QED) is 0.136. The van der Waals surface area contributed by atoms with Crippen molar-refractivity contribution in [1.82, 2.24) is 25.3 Å². The van der Waals surface area contributed by atoms with Gasteiger partial charge in [-0.25, -0.2) is 9.59 Å². The number of hydrogen-bond acceptors (Lipinski definition) is 7. The highest BCUT2D eigenvalue weighted by Gasteiger charge is 2.37. The first-order valence-electron chi connectivity index (χ1n) is 18.8. The summed E-state index contributed by atoms with van der Waals surface area (Å²) in [6.07, 6.45) is 2.29. The minimum Gasteiger partial charge on any atom is -0.457 e. The number of nitrogens with one attached hydrogen (secondary N) is 2. The summed E-state index contributed by atoms with van der Waals surface area (Å²) >= 11 is 0. The first kappa shape index (κ1) is 39.2. The number of morpholine rings is 1. The minimum absolute atomic E-state index is 0.0864. The minimum atomic E-state index is -0.726. The van der Waals surface area contributed by atoms with Crippen LogP contribution >= 0.6 is 0 Å². The van der Waals surface area contributed by atoms with Crippen molar-refractivity contribution in [3.63, 3.8) is 0 Å². The molecule has 2 atom stereocenters. The molecule has 5 rings (SSSR count). The monoisotopic (exact) mass is 723 g/mol. The van der Waals surface area contributed by atoms with Gasteiger partial charge in [-0.3, -0.25) is 19.4 Å². The second kappa shape index (κ2) is 19.7. The number of unbranched alkanes of at least 4 members (excludes halogenated alkanes) is 1. The van der Waals surface area contributed by atoms with Gasteiger partial charge in [0.05, 0.1) is 24.8 Å². The molecule has 11 heteroatoms. The molecular weight excluding hydrogens is 670 g/mol. The van der Waals surface area contributed by atoms with Gasteiger partial charge in [0.1, 0.15) is 12.6 Å². The number of rotatable bonds is 17. The fourth-order valence-corrected chi connectivity index (χ4v) is 6.68. The summed E-state index contributed by atoms with van der Waals surface area (Å²) in [5, 5.41) is 6.00. The molecule has 53 heavy (non-hydrogen) atoms. The molecule has 3 aromatic rings. The zero-order chi connectivity index (χ0) is 37.6. The molecule has 3 aromatic carbocycles. The standard InChI is InChI=1S/C42H53N5O6/c1-4-5-22-43-40(49)32(3)46(25-24-45-26-28-52-29-27-45)37(48)17-12-23-47-31(2)38(41(50)53-30-33-13-8-6-9-14-33)39(44-42(47)51)36-20-18-35(19-21-36)34-15-10-7-11-16-34/h6-11,13-16,18-21,32,39H,4-5,12,17,22-30H2,1-3H3,(H,43,49)(H,44,51). The van der Waals surface area contributed by atoms with Gasteiger partial charge < -0.3 is 25.0 Å². The van der Waals surface area contributed by atoms with Gasteiger partial charge in [-0.2, -0.15) is 0 Å². The number of carbonyl (C=O) groups is 4. The molecular formula is C42H53N5O6. The highest BCUT2D eigenvalue weighted by molar-refractivity contribution is 5.95. The molecule has 0 aromatic heterocycles. The molecule has 4 amide bonds. The van der Waals surface area contributed by atoms with E-state index in [0.29, 0.717) is 50.5 Å². The summed E-state index contributed by atoms with van der Waals surface area (Å²) in [7, 11) is 0. The van der Waals surface area contributed by atoms with E-state index in [4.69, 9.17) is 9.47 Å². The van der Waals surface area contributed by atoms with E-state index in [1.54, 1.807) is 18.7 Å². The van der Waals surface area contributed by atoms with E-state index in [0.717, 1.165) is 48.2 Å². The summed E-state index contributed by atoms with van der Waals surface area (Å²) in [5.74, 6) is -0.861. The molecule has 2 heterocycles. The van der Waals surface area contributed by atoms with Crippen LogP contribution in [0.15, 0.2) is 96.2 Å². The molecule has 0 spiro atoms. The van der Waals surface area contributed by atoms with Crippen molar-refractivity contribution >= 4 is 23.8 Å². The maximum absolute atomic E-state index is 13.8. The second-order valence-electron chi connectivity index (χ2n) is 13.5. The van der Waals surface area contributed by atoms with E-state index in [2.05, 4.69) is 22.5 Å². The zero-order valence-corrected chi connectivity index (χ0v) is 31.2. The summed E-state index contributed by atoms with van der Waals surface area (Å²) in [6.45, 7) is 10.3. The van der Waals surface area contributed by atoms with Crippen LogP contribution in [0.5, 0.6) is 0 Å². The van der Waals surface area contributed by atoms with E-state index < -0.39 is 18.1 Å². The number of hydrogen-bond donors (Lipinski definition) is 2. The Hall–Kier alpha value is -5.00. The first-order chi connectivity index (χ1) is 25.8. The molecule has 2 aliphatic heterocycles. The number of urea groups is 1. The van der Waals surface area contributed by atoms with Gasteiger partial charge in [0.25, 0.3) is 0 Å². The lowest BCUT2D eigenvalue weighted by Gasteiger charge is -2.36. The van der Waals surface area contributed by atoms with Crippen LogP contribution in [-0.4, -0.2) is 97.0 Å². The van der Waals surface area contributed by atoms with E-state index in [1.165, 1.54) is 4.90 Å². The third kappa shape index (κ3) is 10.8. The summed E-state index contributed by atoms with van der Waals surface area (Å²) in [6, 6.07) is 25.5. The van der Waals surface area contributed by atoms with Gasteiger partial charge in [-0.05, 0) is 48.9 Å². The lowest BCUT2D eigenvalue weighted by Crippen LogP contribution is -2.51. The van der Waals surface area contributed by atoms with Crippen molar-refractivity contribution < 1.29 is 28.7 Å². The Morgan fingerprint density at radius 1 is 0.925 bits per heavy atom. The number of ether oxygens (including phenoxy) is 2. The topological polar surface area (TPSA) is 121 Å². The maximum atomic E-state index is 13.8. The molecule has 2 unspecified atom stereocenters. The normalized spacial score (nSPS) is 16.8. The number of nitrogens with zero attached hydrogens (tertiary/aromatic N) is 3. The van der Waals surface area contributed by atoms with E-state index in [9.17, 15) is 19.2 Å². The van der Waals surface area contributed by atoms with Crippen LogP contribution in [0.3, 0.4) is 0 Å². The summed E-state index contributed by atoms with van der Waals surface area (Å²) < 4.78 is 11.3. The van der Waals surface area contributed by atoms with E-state index >= 15 is 0 Å². The Balaban J connectivity index is 1.31. The predicted molar refractivity (Wildman–Crippen MR) is 204 cm³/mol. The summed E-state index contributed by atoms with van der Waals surface area (Å²) in [4.78, 5) is 59.8. The Bertz CT molecular complexity index is 1690. The molecule has 2 N–H and O–H groups in total. The molecule has 0 radical (unpaired) electrons. The van der Waals surface area contributed by atoms with Gasteiger partial charge in [0.2, 0.25) is 11.8 Å². The van der Waals surface area contributed by atoms with Gasteiger partial charge in [-0.1, -0.05) is 98.3 Å². The van der Waals surface area contributed by atoms with Crippen molar-refractivity contribution in [2.45, 2.75) is 65.1 Å². The molecule has 0 bridgehead atoms. The molecule has 2 aliphatic rings. The van der Waals surface area contributed by atoms with Crippen LogP contribution in [0.25, 0.3) is 11.1 Å². The fraction of sp³-hybridized carbons (Fsp3) is 0.429. The van der Waals surface area contributed by atoms with Crippen LogP contribution in [0, 0.1) is 0 Å². The van der Waals surface area contributed by atoms with Gasteiger partial charge in [0, 0.05) is 51.4 Å². The lowest BCUT2D eigenvalue weighted by atomic mass is 9.93. The highest BCUT2D eigenvalue weighted by Crippen LogP contribution is 2.33. The average Bonchev–Trinajstić information content (AvgIpc) is 3.19. The smallest absolute Gasteiger partial charge is 0.338 e. The van der Waals surface area contributed by atoms with Crippen LogP contribution in [0.2, 0.25) is 0 Å². The third-order valence-corrected chi connectivity index (χ3v) is 9.91. The summed E-state index contributed by atoms with van der Waals surface area (Å²) in [5.41, 5.74) is 4.50. The van der Waals surface area contributed by atoms with Crippen molar-refractivity contribution in [2.24, 2.45) is 0 Å². The van der Waals surface area contributed by atoms with Crippen molar-refractivity contribution in [2.75, 3.05) is 52.5 Å². The molecule has 11 nitrogen and oxygen atoms in total. The zero-order valence-electron chi connectivity index (χ0n) is 31.2. The fourth-order valence-electron chi connectivity index (χ4n) is 6.68. The Morgan fingerprint density at radius 3 is 2.26 bits per heavy atom. The third-order valence-electron chi connectivity index (χ3n) is 9.91. The maximum Gasteiger partial charge on any atom is 0.338 e. The Kier molecular flexibility index (Phi) is 14.6.